The Labute approximate surface area is 93.4 Å². The number of H-pyrrole nitrogens is 1. The van der Waals surface area contributed by atoms with Gasteiger partial charge < -0.3 is 15.5 Å². The molecule has 0 aliphatic rings. The highest BCUT2D eigenvalue weighted by molar-refractivity contribution is 5.98. The maximum Gasteiger partial charge on any atom is 0.355 e. The van der Waals surface area contributed by atoms with Gasteiger partial charge in [-0.2, -0.15) is 0 Å². The SMILES string of the molecule is CCOC(=O)c1[nH]c2ccccc2c1CN. The van der Waals surface area contributed by atoms with Gasteiger partial charge in [0.1, 0.15) is 5.69 Å². The largest absolute Gasteiger partial charge is 0.461 e. The number of hydrogen-bond donors (Lipinski definition) is 2. The molecule has 84 valence electrons. The van der Waals surface area contributed by atoms with Crippen LogP contribution in [0.2, 0.25) is 0 Å². The second-order valence-electron chi connectivity index (χ2n) is 3.45. The highest BCUT2D eigenvalue weighted by Gasteiger charge is 2.16. The third-order valence-corrected chi connectivity index (χ3v) is 2.50. The summed E-state index contributed by atoms with van der Waals surface area (Å²) in [6, 6.07) is 7.69. The van der Waals surface area contributed by atoms with Crippen molar-refractivity contribution < 1.29 is 9.53 Å². The quantitative estimate of drug-likeness (QED) is 0.772. The van der Waals surface area contributed by atoms with Crippen LogP contribution in [-0.4, -0.2) is 17.6 Å². The lowest BCUT2D eigenvalue weighted by Crippen LogP contribution is -2.09. The fraction of sp³-hybridized carbons (Fsp3) is 0.250. The summed E-state index contributed by atoms with van der Waals surface area (Å²) in [5, 5.41) is 0.980. The van der Waals surface area contributed by atoms with Crippen LogP contribution < -0.4 is 5.73 Å². The lowest BCUT2D eigenvalue weighted by atomic mass is 10.1. The molecule has 0 fully saturated rings. The molecule has 0 saturated carbocycles. The monoisotopic (exact) mass is 218 g/mol. The Kier molecular flexibility index (Phi) is 2.92. The average molecular weight is 218 g/mol. The van der Waals surface area contributed by atoms with Gasteiger partial charge in [-0.3, -0.25) is 0 Å². The predicted molar refractivity (Wildman–Crippen MR) is 62.1 cm³/mol. The van der Waals surface area contributed by atoms with Gasteiger partial charge in [0, 0.05) is 23.0 Å². The third kappa shape index (κ3) is 1.67. The summed E-state index contributed by atoms with van der Waals surface area (Å²) in [6.45, 7) is 2.46. The van der Waals surface area contributed by atoms with Gasteiger partial charge in [-0.1, -0.05) is 18.2 Å². The molecule has 0 saturated heterocycles. The standard InChI is InChI=1S/C12H14N2O2/c1-2-16-12(15)11-9(7-13)8-5-3-4-6-10(8)14-11/h3-6,14H,2,7,13H2,1H3. The molecule has 16 heavy (non-hydrogen) atoms. The van der Waals surface area contributed by atoms with Crippen molar-refractivity contribution in [3.8, 4) is 0 Å². The first-order valence-corrected chi connectivity index (χ1v) is 5.24. The molecule has 3 N–H and O–H groups in total. The summed E-state index contributed by atoms with van der Waals surface area (Å²) in [5.41, 5.74) is 7.85. The van der Waals surface area contributed by atoms with Crippen molar-refractivity contribution in [1.29, 1.82) is 0 Å². The molecule has 0 atom stereocenters. The zero-order valence-electron chi connectivity index (χ0n) is 9.12. The van der Waals surface area contributed by atoms with Crippen molar-refractivity contribution in [3.63, 3.8) is 0 Å². The van der Waals surface area contributed by atoms with Crippen LogP contribution >= 0.6 is 0 Å². The molecular formula is C12H14N2O2. The van der Waals surface area contributed by atoms with Crippen LogP contribution in [0, 0.1) is 0 Å². The van der Waals surface area contributed by atoms with Gasteiger partial charge in [0.15, 0.2) is 0 Å². The van der Waals surface area contributed by atoms with Gasteiger partial charge in [0.25, 0.3) is 0 Å². The molecule has 0 spiro atoms. The van der Waals surface area contributed by atoms with Crippen LogP contribution in [0.4, 0.5) is 0 Å². The molecule has 0 unspecified atom stereocenters. The fourth-order valence-electron chi connectivity index (χ4n) is 1.79. The van der Waals surface area contributed by atoms with E-state index in [0.29, 0.717) is 18.8 Å². The van der Waals surface area contributed by atoms with Crippen molar-refractivity contribution in [2.75, 3.05) is 6.61 Å². The summed E-state index contributed by atoms with van der Waals surface area (Å²) in [4.78, 5) is 14.7. The van der Waals surface area contributed by atoms with Gasteiger partial charge in [-0.15, -0.1) is 0 Å². The van der Waals surface area contributed by atoms with Crippen molar-refractivity contribution in [2.24, 2.45) is 5.73 Å². The van der Waals surface area contributed by atoms with Crippen molar-refractivity contribution in [1.82, 2.24) is 4.98 Å². The number of rotatable bonds is 3. The van der Waals surface area contributed by atoms with Gasteiger partial charge >= 0.3 is 5.97 Å². The lowest BCUT2D eigenvalue weighted by Gasteiger charge is -2.01. The summed E-state index contributed by atoms with van der Waals surface area (Å²) in [7, 11) is 0. The van der Waals surface area contributed by atoms with E-state index in [4.69, 9.17) is 10.5 Å². The van der Waals surface area contributed by atoms with Crippen molar-refractivity contribution in [3.05, 3.63) is 35.5 Å². The molecule has 1 aromatic carbocycles. The molecule has 2 aromatic rings. The number of hydrogen-bond acceptors (Lipinski definition) is 3. The summed E-state index contributed by atoms with van der Waals surface area (Å²) in [5.74, 6) is -0.348. The molecule has 4 heteroatoms. The van der Waals surface area contributed by atoms with Gasteiger partial charge in [-0.05, 0) is 13.0 Å². The second-order valence-corrected chi connectivity index (χ2v) is 3.45. The zero-order chi connectivity index (χ0) is 11.5. The normalized spacial score (nSPS) is 10.6. The molecule has 0 amide bonds. The first kappa shape index (κ1) is 10.7. The van der Waals surface area contributed by atoms with E-state index < -0.39 is 0 Å². The minimum absolute atomic E-state index is 0.318. The number of nitrogens with one attached hydrogen (secondary N) is 1. The highest BCUT2D eigenvalue weighted by atomic mass is 16.5. The van der Waals surface area contributed by atoms with E-state index in [9.17, 15) is 4.79 Å². The number of aromatic amines is 1. The van der Waals surface area contributed by atoms with E-state index >= 15 is 0 Å². The van der Waals surface area contributed by atoms with Crippen LogP contribution in [-0.2, 0) is 11.3 Å². The van der Waals surface area contributed by atoms with Crippen LogP contribution in [0.5, 0.6) is 0 Å². The Morgan fingerprint density at radius 3 is 2.88 bits per heavy atom. The Morgan fingerprint density at radius 2 is 2.19 bits per heavy atom. The number of nitrogens with two attached hydrogens (primary N) is 1. The fourth-order valence-corrected chi connectivity index (χ4v) is 1.79. The number of ether oxygens (including phenoxy) is 1. The predicted octanol–water partition coefficient (Wildman–Crippen LogP) is 1.80. The molecule has 0 aliphatic carbocycles. The van der Waals surface area contributed by atoms with Crippen molar-refractivity contribution >= 4 is 16.9 Å². The maximum absolute atomic E-state index is 11.7. The number of fused-ring (bicyclic) bond motifs is 1. The summed E-state index contributed by atoms with van der Waals surface area (Å²) < 4.78 is 4.97. The third-order valence-electron chi connectivity index (χ3n) is 2.50. The van der Waals surface area contributed by atoms with E-state index in [2.05, 4.69) is 4.98 Å². The number of benzene rings is 1. The van der Waals surface area contributed by atoms with Crippen LogP contribution in [0.25, 0.3) is 10.9 Å². The molecule has 0 bridgehead atoms. The van der Waals surface area contributed by atoms with Gasteiger partial charge in [0.05, 0.1) is 6.61 Å². The lowest BCUT2D eigenvalue weighted by molar-refractivity contribution is 0.0519. The first-order chi connectivity index (χ1) is 7.77. The smallest absolute Gasteiger partial charge is 0.355 e. The van der Waals surface area contributed by atoms with E-state index in [1.54, 1.807) is 6.92 Å². The molecule has 4 nitrogen and oxygen atoms in total. The van der Waals surface area contributed by atoms with E-state index in [-0.39, 0.29) is 5.97 Å². The molecule has 2 rings (SSSR count). The van der Waals surface area contributed by atoms with Crippen LogP contribution in [0.3, 0.4) is 0 Å². The minimum Gasteiger partial charge on any atom is -0.461 e. The number of aromatic nitrogens is 1. The molecule has 1 aromatic heterocycles. The molecule has 0 radical (unpaired) electrons. The number of carbonyl (C=O) groups excluding carboxylic acids is 1. The summed E-state index contributed by atoms with van der Waals surface area (Å²) >= 11 is 0. The molecule has 1 heterocycles. The van der Waals surface area contributed by atoms with E-state index in [1.165, 1.54) is 0 Å². The van der Waals surface area contributed by atoms with Crippen LogP contribution in [0.15, 0.2) is 24.3 Å². The van der Waals surface area contributed by atoms with Gasteiger partial charge in [0.2, 0.25) is 0 Å². The Morgan fingerprint density at radius 1 is 1.44 bits per heavy atom. The molecule has 0 aliphatic heterocycles. The first-order valence-electron chi connectivity index (χ1n) is 5.24. The number of esters is 1. The topological polar surface area (TPSA) is 68.1 Å². The number of carbonyl (C=O) groups is 1. The Bertz CT molecular complexity index is 517. The second kappa shape index (κ2) is 4.37. The van der Waals surface area contributed by atoms with Crippen molar-refractivity contribution in [2.45, 2.75) is 13.5 Å². The number of para-hydroxylation sites is 1. The maximum atomic E-state index is 11.7. The van der Waals surface area contributed by atoms with Crippen LogP contribution in [0.1, 0.15) is 23.0 Å². The Hall–Kier alpha value is -1.81. The molecular weight excluding hydrogens is 204 g/mol. The minimum atomic E-state index is -0.348. The van der Waals surface area contributed by atoms with Gasteiger partial charge in [-0.25, -0.2) is 4.79 Å². The summed E-state index contributed by atoms with van der Waals surface area (Å²) in [6.07, 6.45) is 0. The Balaban J connectivity index is 2.56. The average Bonchev–Trinajstić information content (AvgIpc) is 2.67. The highest BCUT2D eigenvalue weighted by Crippen LogP contribution is 2.22. The zero-order valence-corrected chi connectivity index (χ0v) is 9.12. The van der Waals surface area contributed by atoms with E-state index in [1.807, 2.05) is 24.3 Å². The van der Waals surface area contributed by atoms with E-state index in [0.717, 1.165) is 16.5 Å².